The smallest absolute Gasteiger partial charge is 0.400 e. The molecule has 2 heterocycles. The van der Waals surface area contributed by atoms with Gasteiger partial charge >= 0.3 is 7.12 Å². The summed E-state index contributed by atoms with van der Waals surface area (Å²) in [6, 6.07) is 4.14. The van der Waals surface area contributed by atoms with Crippen molar-refractivity contribution in [1.29, 1.82) is 0 Å². The van der Waals surface area contributed by atoms with E-state index in [0.29, 0.717) is 5.92 Å². The first-order valence-electron chi connectivity index (χ1n) is 7.21. The topological polar surface area (TPSA) is 31.4 Å². The summed E-state index contributed by atoms with van der Waals surface area (Å²) in [7, 11) is -0.301. The quantitative estimate of drug-likeness (QED) is 0.784. The normalized spacial score (nSPS) is 21.1. The Morgan fingerprint density at radius 3 is 2.15 bits per heavy atom. The van der Waals surface area contributed by atoms with Gasteiger partial charge < -0.3 is 9.31 Å². The van der Waals surface area contributed by atoms with Crippen LogP contribution >= 0.6 is 0 Å². The van der Waals surface area contributed by atoms with Gasteiger partial charge in [0.1, 0.15) is 0 Å². The van der Waals surface area contributed by atoms with Crippen LogP contribution in [0.2, 0.25) is 0 Å². The standard InChI is InChI=1S/C16H24BNO2/c1-12(2)14-8-7-13(11-18-14)9-10-17-19-15(3,4)16(5,6)20-17/h7-12H,1-6H3/b10-9+. The third-order valence-electron chi connectivity index (χ3n) is 4.12. The van der Waals surface area contributed by atoms with Crippen molar-refractivity contribution < 1.29 is 9.31 Å². The van der Waals surface area contributed by atoms with Gasteiger partial charge in [-0.3, -0.25) is 4.98 Å². The fourth-order valence-corrected chi connectivity index (χ4v) is 2.01. The summed E-state index contributed by atoms with van der Waals surface area (Å²) >= 11 is 0. The van der Waals surface area contributed by atoms with Crippen molar-refractivity contribution in [3.05, 3.63) is 35.6 Å². The van der Waals surface area contributed by atoms with Gasteiger partial charge in [0.15, 0.2) is 0 Å². The van der Waals surface area contributed by atoms with E-state index in [0.717, 1.165) is 11.3 Å². The van der Waals surface area contributed by atoms with Gasteiger partial charge in [-0.2, -0.15) is 0 Å². The second kappa shape index (κ2) is 5.34. The van der Waals surface area contributed by atoms with Crippen molar-refractivity contribution in [1.82, 2.24) is 4.98 Å². The molecule has 20 heavy (non-hydrogen) atoms. The summed E-state index contributed by atoms with van der Waals surface area (Å²) in [5.74, 6) is 2.40. The minimum atomic E-state index is -0.301. The molecule has 0 bridgehead atoms. The molecule has 0 aromatic carbocycles. The van der Waals surface area contributed by atoms with E-state index in [9.17, 15) is 0 Å². The molecule has 0 atom stereocenters. The number of hydrogen-bond acceptors (Lipinski definition) is 3. The van der Waals surface area contributed by atoms with Crippen LogP contribution in [0.3, 0.4) is 0 Å². The largest absolute Gasteiger partial charge is 0.487 e. The Bertz CT molecular complexity index is 476. The molecule has 3 nitrogen and oxygen atoms in total. The van der Waals surface area contributed by atoms with E-state index in [2.05, 4.69) is 58.7 Å². The number of hydrogen-bond donors (Lipinski definition) is 0. The van der Waals surface area contributed by atoms with Crippen LogP contribution in [0.25, 0.3) is 6.08 Å². The van der Waals surface area contributed by atoms with Gasteiger partial charge in [0.05, 0.1) is 11.2 Å². The highest BCUT2D eigenvalue weighted by atomic mass is 16.7. The van der Waals surface area contributed by atoms with Gasteiger partial charge in [-0.25, -0.2) is 0 Å². The predicted molar refractivity (Wildman–Crippen MR) is 83.4 cm³/mol. The monoisotopic (exact) mass is 273 g/mol. The summed E-state index contributed by atoms with van der Waals surface area (Å²) in [6.45, 7) is 12.5. The van der Waals surface area contributed by atoms with Crippen LogP contribution in [0.1, 0.15) is 58.7 Å². The Kier molecular flexibility index (Phi) is 4.08. The molecule has 0 unspecified atom stereocenters. The van der Waals surface area contributed by atoms with Gasteiger partial charge in [0.25, 0.3) is 0 Å². The summed E-state index contributed by atoms with van der Waals surface area (Å²) in [5, 5.41) is 0. The molecule has 0 aliphatic carbocycles. The molecule has 0 saturated carbocycles. The molecule has 1 saturated heterocycles. The van der Waals surface area contributed by atoms with Crippen molar-refractivity contribution in [2.75, 3.05) is 0 Å². The van der Waals surface area contributed by atoms with E-state index in [-0.39, 0.29) is 18.3 Å². The molecule has 2 rings (SSSR count). The highest BCUT2D eigenvalue weighted by molar-refractivity contribution is 6.52. The number of pyridine rings is 1. The van der Waals surface area contributed by atoms with Crippen LogP contribution in [0, 0.1) is 0 Å². The number of rotatable bonds is 3. The van der Waals surface area contributed by atoms with Crippen LogP contribution in [-0.4, -0.2) is 23.3 Å². The first kappa shape index (κ1) is 15.3. The fraction of sp³-hybridized carbons (Fsp3) is 0.562. The third kappa shape index (κ3) is 3.13. The maximum Gasteiger partial charge on any atom is 0.487 e. The van der Waals surface area contributed by atoms with Crippen LogP contribution < -0.4 is 0 Å². The predicted octanol–water partition coefficient (Wildman–Crippen LogP) is 3.85. The second-order valence-corrected chi connectivity index (χ2v) is 6.65. The maximum atomic E-state index is 5.92. The Morgan fingerprint density at radius 2 is 1.70 bits per heavy atom. The summed E-state index contributed by atoms with van der Waals surface area (Å²) in [6.07, 6.45) is 3.89. The molecule has 1 aromatic rings. The van der Waals surface area contributed by atoms with E-state index in [1.54, 1.807) is 0 Å². The lowest BCUT2D eigenvalue weighted by Crippen LogP contribution is -2.41. The molecule has 0 N–H and O–H groups in total. The molecule has 0 amide bonds. The molecule has 1 fully saturated rings. The van der Waals surface area contributed by atoms with Gasteiger partial charge in [0, 0.05) is 11.9 Å². The Hall–Kier alpha value is -1.13. The van der Waals surface area contributed by atoms with Crippen molar-refractivity contribution in [2.24, 2.45) is 0 Å². The molecule has 0 spiro atoms. The first-order valence-corrected chi connectivity index (χ1v) is 7.21. The average molecular weight is 273 g/mol. The number of aromatic nitrogens is 1. The van der Waals surface area contributed by atoms with Crippen molar-refractivity contribution in [3.63, 3.8) is 0 Å². The minimum Gasteiger partial charge on any atom is -0.400 e. The highest BCUT2D eigenvalue weighted by Crippen LogP contribution is 2.36. The molecule has 1 aromatic heterocycles. The third-order valence-corrected chi connectivity index (χ3v) is 4.12. The summed E-state index contributed by atoms with van der Waals surface area (Å²) in [4.78, 5) is 4.45. The SMILES string of the molecule is CC(C)c1ccc(/C=C/B2OC(C)(C)C(C)(C)O2)cn1. The maximum absolute atomic E-state index is 5.92. The molecule has 0 radical (unpaired) electrons. The lowest BCUT2D eigenvalue weighted by molar-refractivity contribution is 0.00578. The van der Waals surface area contributed by atoms with E-state index in [1.165, 1.54) is 0 Å². The lowest BCUT2D eigenvalue weighted by atomic mass is 9.89. The molecule has 108 valence electrons. The van der Waals surface area contributed by atoms with Crippen molar-refractivity contribution in [3.8, 4) is 0 Å². The molecule has 1 aliphatic rings. The van der Waals surface area contributed by atoms with Crippen LogP contribution in [-0.2, 0) is 9.31 Å². The Morgan fingerprint density at radius 1 is 1.10 bits per heavy atom. The van der Waals surface area contributed by atoms with Gasteiger partial charge in [0.2, 0.25) is 0 Å². The first-order chi connectivity index (χ1) is 9.21. The van der Waals surface area contributed by atoms with Crippen LogP contribution in [0.15, 0.2) is 24.3 Å². The zero-order chi connectivity index (χ0) is 15.0. The van der Waals surface area contributed by atoms with E-state index >= 15 is 0 Å². The lowest BCUT2D eigenvalue weighted by Gasteiger charge is -2.32. The van der Waals surface area contributed by atoms with Gasteiger partial charge in [-0.1, -0.05) is 32.0 Å². The average Bonchev–Trinajstić information content (AvgIpc) is 2.56. The summed E-state index contributed by atoms with van der Waals surface area (Å²) in [5.41, 5.74) is 1.59. The van der Waals surface area contributed by atoms with Crippen LogP contribution in [0.4, 0.5) is 0 Å². The van der Waals surface area contributed by atoms with Gasteiger partial charge in [-0.15, -0.1) is 0 Å². The zero-order valence-electron chi connectivity index (χ0n) is 13.3. The second-order valence-electron chi connectivity index (χ2n) is 6.65. The Balaban J connectivity index is 2.04. The Labute approximate surface area is 122 Å². The molecule has 4 heteroatoms. The zero-order valence-corrected chi connectivity index (χ0v) is 13.3. The number of nitrogens with zero attached hydrogens (tertiary/aromatic N) is 1. The van der Waals surface area contributed by atoms with Crippen molar-refractivity contribution >= 4 is 13.2 Å². The van der Waals surface area contributed by atoms with E-state index < -0.39 is 0 Å². The molecular formula is C16H24BNO2. The fourth-order valence-electron chi connectivity index (χ4n) is 2.01. The highest BCUT2D eigenvalue weighted by Gasteiger charge is 2.49. The van der Waals surface area contributed by atoms with Gasteiger partial charge in [-0.05, 0) is 45.2 Å². The van der Waals surface area contributed by atoms with Crippen LogP contribution in [0.5, 0.6) is 0 Å². The summed E-state index contributed by atoms with van der Waals surface area (Å²) < 4.78 is 11.8. The van der Waals surface area contributed by atoms with E-state index in [1.807, 2.05) is 18.2 Å². The minimum absolute atomic E-state index is 0.290. The molecular weight excluding hydrogens is 249 g/mol. The van der Waals surface area contributed by atoms with Crippen molar-refractivity contribution in [2.45, 2.75) is 58.7 Å². The molecule has 1 aliphatic heterocycles. The van der Waals surface area contributed by atoms with E-state index in [4.69, 9.17) is 9.31 Å².